The van der Waals surface area contributed by atoms with Crippen molar-refractivity contribution in [3.8, 4) is 11.3 Å². The molecular formula is C9H8N4. The van der Waals surface area contributed by atoms with Crippen LogP contribution in [0.25, 0.3) is 11.3 Å². The lowest BCUT2D eigenvalue weighted by Crippen LogP contribution is -1.89. The number of rotatable bonds is 1. The van der Waals surface area contributed by atoms with Crippen LogP contribution in [0, 0.1) is 0 Å². The fourth-order valence-corrected chi connectivity index (χ4v) is 1.03. The molecule has 1 aromatic carbocycles. The fourth-order valence-electron chi connectivity index (χ4n) is 1.03. The van der Waals surface area contributed by atoms with Crippen molar-refractivity contribution >= 4 is 5.69 Å². The predicted octanol–water partition coefficient (Wildman–Crippen LogP) is 1.12. The van der Waals surface area contributed by atoms with E-state index in [9.17, 15) is 0 Å². The van der Waals surface area contributed by atoms with Crippen LogP contribution in [0.1, 0.15) is 0 Å². The highest BCUT2D eigenvalue weighted by Crippen LogP contribution is 2.15. The van der Waals surface area contributed by atoms with Crippen molar-refractivity contribution in [3.05, 3.63) is 36.8 Å². The Labute approximate surface area is 75.5 Å². The minimum absolute atomic E-state index is 0.737. The summed E-state index contributed by atoms with van der Waals surface area (Å²) < 4.78 is 0. The molecule has 64 valence electrons. The summed E-state index contributed by atoms with van der Waals surface area (Å²) >= 11 is 0. The van der Waals surface area contributed by atoms with Crippen LogP contribution in [0.5, 0.6) is 0 Å². The van der Waals surface area contributed by atoms with Gasteiger partial charge in [0.15, 0.2) is 0 Å². The molecule has 2 rings (SSSR count). The number of nitrogens with two attached hydrogens (primary N) is 1. The number of anilines is 1. The van der Waals surface area contributed by atoms with Crippen molar-refractivity contribution < 1.29 is 0 Å². The van der Waals surface area contributed by atoms with E-state index < -0.39 is 0 Å². The van der Waals surface area contributed by atoms with E-state index in [1.54, 1.807) is 6.20 Å². The van der Waals surface area contributed by atoms with E-state index in [4.69, 9.17) is 5.73 Å². The lowest BCUT2D eigenvalue weighted by Gasteiger charge is -1.98. The average Bonchev–Trinajstić information content (AvgIpc) is 2.20. The Morgan fingerprint density at radius 3 is 2.46 bits per heavy atom. The second-order valence-electron chi connectivity index (χ2n) is 2.62. The Morgan fingerprint density at radius 2 is 1.85 bits per heavy atom. The van der Waals surface area contributed by atoms with Crippen molar-refractivity contribution in [1.82, 2.24) is 15.2 Å². The quantitative estimate of drug-likeness (QED) is 0.654. The van der Waals surface area contributed by atoms with Crippen molar-refractivity contribution in [3.63, 3.8) is 0 Å². The maximum Gasteiger partial charge on any atom is 0.138 e. The molecule has 4 heteroatoms. The van der Waals surface area contributed by atoms with Gasteiger partial charge >= 0.3 is 0 Å². The Kier molecular flexibility index (Phi) is 1.88. The minimum atomic E-state index is 0.737. The second kappa shape index (κ2) is 3.18. The third kappa shape index (κ3) is 1.61. The fraction of sp³-hybridized carbons (Fsp3) is 0. The first-order valence-corrected chi connectivity index (χ1v) is 3.85. The highest BCUT2D eigenvalue weighted by Gasteiger charge is 1.97. The molecule has 0 fully saturated rings. The summed E-state index contributed by atoms with van der Waals surface area (Å²) in [7, 11) is 0. The van der Waals surface area contributed by atoms with Crippen molar-refractivity contribution in [2.45, 2.75) is 0 Å². The molecule has 0 aliphatic heterocycles. The Balaban J connectivity index is 2.42. The topological polar surface area (TPSA) is 64.7 Å². The van der Waals surface area contributed by atoms with Gasteiger partial charge in [0.25, 0.3) is 0 Å². The number of aromatic nitrogens is 3. The zero-order chi connectivity index (χ0) is 9.10. The highest BCUT2D eigenvalue weighted by molar-refractivity contribution is 5.60. The van der Waals surface area contributed by atoms with Crippen LogP contribution in [-0.4, -0.2) is 15.2 Å². The van der Waals surface area contributed by atoms with Crippen LogP contribution in [0.15, 0.2) is 36.8 Å². The molecule has 0 radical (unpaired) electrons. The molecule has 0 aliphatic rings. The van der Waals surface area contributed by atoms with Crippen molar-refractivity contribution in [1.29, 1.82) is 0 Å². The molecule has 0 atom stereocenters. The summed E-state index contributed by atoms with van der Waals surface area (Å²) in [6, 6.07) is 7.43. The number of nitrogen functional groups attached to an aromatic ring is 1. The molecule has 0 aliphatic carbocycles. The van der Waals surface area contributed by atoms with Gasteiger partial charge in [-0.2, -0.15) is 0 Å². The van der Waals surface area contributed by atoms with Gasteiger partial charge in [-0.25, -0.2) is 4.98 Å². The van der Waals surface area contributed by atoms with Crippen molar-refractivity contribution in [2.75, 3.05) is 5.73 Å². The van der Waals surface area contributed by atoms with Gasteiger partial charge in [-0.15, -0.1) is 10.2 Å². The molecule has 4 nitrogen and oxygen atoms in total. The van der Waals surface area contributed by atoms with E-state index in [2.05, 4.69) is 15.2 Å². The van der Waals surface area contributed by atoms with Gasteiger partial charge in [-0.1, -0.05) is 12.1 Å². The zero-order valence-electron chi connectivity index (χ0n) is 6.88. The monoisotopic (exact) mass is 172 g/mol. The van der Waals surface area contributed by atoms with Crippen LogP contribution < -0.4 is 5.73 Å². The molecule has 1 heterocycles. The zero-order valence-corrected chi connectivity index (χ0v) is 6.88. The van der Waals surface area contributed by atoms with Crippen molar-refractivity contribution in [2.24, 2.45) is 0 Å². The van der Waals surface area contributed by atoms with Gasteiger partial charge in [-0.05, 0) is 12.1 Å². The Morgan fingerprint density at radius 1 is 1.08 bits per heavy atom. The molecule has 2 aromatic rings. The minimum Gasteiger partial charge on any atom is -0.399 e. The third-order valence-electron chi connectivity index (χ3n) is 1.69. The first-order valence-electron chi connectivity index (χ1n) is 3.85. The summed E-state index contributed by atoms with van der Waals surface area (Å²) in [6.07, 6.45) is 3.07. The van der Waals surface area contributed by atoms with E-state index in [-0.39, 0.29) is 0 Å². The molecular weight excluding hydrogens is 164 g/mol. The van der Waals surface area contributed by atoms with E-state index in [1.807, 2.05) is 24.3 Å². The molecule has 1 aromatic heterocycles. The van der Waals surface area contributed by atoms with Crippen LogP contribution >= 0.6 is 0 Å². The SMILES string of the molecule is Nc1ccc(-c2cncnn2)cc1. The molecule has 2 N–H and O–H groups in total. The first kappa shape index (κ1) is 7.67. The Hall–Kier alpha value is -1.97. The number of benzene rings is 1. The van der Waals surface area contributed by atoms with Crippen LogP contribution in [-0.2, 0) is 0 Å². The number of hydrogen-bond acceptors (Lipinski definition) is 4. The van der Waals surface area contributed by atoms with Crippen LogP contribution in [0.3, 0.4) is 0 Å². The standard InChI is InChI=1S/C9H8N4/c10-8-3-1-7(2-4-8)9-5-11-6-12-13-9/h1-6H,10H2. The molecule has 0 spiro atoms. The lowest BCUT2D eigenvalue weighted by atomic mass is 10.1. The van der Waals surface area contributed by atoms with Gasteiger partial charge in [0, 0.05) is 11.3 Å². The smallest absolute Gasteiger partial charge is 0.138 e. The average molecular weight is 172 g/mol. The van der Waals surface area contributed by atoms with Crippen LogP contribution in [0.4, 0.5) is 5.69 Å². The lowest BCUT2D eigenvalue weighted by molar-refractivity contribution is 0.976. The summed E-state index contributed by atoms with van der Waals surface area (Å²) in [5.74, 6) is 0. The van der Waals surface area contributed by atoms with Gasteiger partial charge < -0.3 is 5.73 Å². The summed E-state index contributed by atoms with van der Waals surface area (Å²) in [6.45, 7) is 0. The molecule has 13 heavy (non-hydrogen) atoms. The maximum atomic E-state index is 5.55. The highest BCUT2D eigenvalue weighted by atomic mass is 15.1. The van der Waals surface area contributed by atoms with E-state index >= 15 is 0 Å². The van der Waals surface area contributed by atoms with E-state index in [0.717, 1.165) is 16.9 Å². The maximum absolute atomic E-state index is 5.55. The van der Waals surface area contributed by atoms with E-state index in [0.29, 0.717) is 0 Å². The van der Waals surface area contributed by atoms with Gasteiger partial charge in [0.05, 0.1) is 6.20 Å². The third-order valence-corrected chi connectivity index (χ3v) is 1.69. The Bertz CT molecular complexity index is 382. The summed E-state index contributed by atoms with van der Waals surface area (Å²) in [5.41, 5.74) is 8.01. The largest absolute Gasteiger partial charge is 0.399 e. The number of hydrogen-bond donors (Lipinski definition) is 1. The van der Waals surface area contributed by atoms with Gasteiger partial charge in [0.1, 0.15) is 12.0 Å². The first-order chi connectivity index (χ1) is 6.36. The molecule has 0 saturated carbocycles. The molecule has 0 amide bonds. The molecule has 0 saturated heterocycles. The van der Waals surface area contributed by atoms with E-state index in [1.165, 1.54) is 6.33 Å². The molecule has 0 unspecified atom stereocenters. The van der Waals surface area contributed by atoms with Crippen LogP contribution in [0.2, 0.25) is 0 Å². The van der Waals surface area contributed by atoms with Gasteiger partial charge in [-0.3, -0.25) is 0 Å². The normalized spacial score (nSPS) is 9.85. The molecule has 0 bridgehead atoms. The summed E-state index contributed by atoms with van der Waals surface area (Å²) in [4.78, 5) is 3.88. The summed E-state index contributed by atoms with van der Waals surface area (Å²) in [5, 5.41) is 7.62. The predicted molar refractivity (Wildman–Crippen MR) is 49.7 cm³/mol. The second-order valence-corrected chi connectivity index (χ2v) is 2.62. The van der Waals surface area contributed by atoms with Gasteiger partial charge in [0.2, 0.25) is 0 Å². The number of nitrogens with zero attached hydrogens (tertiary/aromatic N) is 3.